The van der Waals surface area contributed by atoms with E-state index in [2.05, 4.69) is 0 Å². The zero-order chi connectivity index (χ0) is 6.43. The van der Waals surface area contributed by atoms with Gasteiger partial charge in [-0.2, -0.15) is 0 Å². The Bertz CT molecular complexity index is 106. The second kappa shape index (κ2) is 1.70. The van der Waals surface area contributed by atoms with E-state index in [1.807, 2.05) is 0 Å². The summed E-state index contributed by atoms with van der Waals surface area (Å²) in [5.41, 5.74) is 0. The maximum Gasteiger partial charge on any atom is 0.0830 e. The molecule has 4 atom stereocenters. The van der Waals surface area contributed by atoms with Crippen LogP contribution in [0.1, 0.15) is 19.3 Å². The summed E-state index contributed by atoms with van der Waals surface area (Å²) in [5.74, 6) is 0.843. The summed E-state index contributed by atoms with van der Waals surface area (Å²) >= 11 is 0. The fraction of sp³-hybridized carbons (Fsp3) is 1.00. The molecule has 0 aromatic rings. The highest BCUT2D eigenvalue weighted by Crippen LogP contribution is 2.44. The molecule has 2 rings (SSSR count). The molecule has 2 N–H and O–H groups in total. The Labute approximate surface area is 54.5 Å². The fourth-order valence-corrected chi connectivity index (χ4v) is 2.23. The van der Waals surface area contributed by atoms with Crippen molar-refractivity contribution in [3.8, 4) is 0 Å². The molecule has 2 fully saturated rings. The van der Waals surface area contributed by atoms with Crippen LogP contribution in [-0.4, -0.2) is 22.4 Å². The molecule has 0 unspecified atom stereocenters. The maximum absolute atomic E-state index is 9.24. The molecule has 2 saturated carbocycles. The van der Waals surface area contributed by atoms with E-state index in [0.717, 1.165) is 19.3 Å². The minimum absolute atomic E-state index is 0.399. The molecule has 0 amide bonds. The minimum Gasteiger partial charge on any atom is -0.390 e. The average molecular weight is 128 g/mol. The van der Waals surface area contributed by atoms with Gasteiger partial charge in [-0.1, -0.05) is 0 Å². The smallest absolute Gasteiger partial charge is 0.0830 e. The maximum atomic E-state index is 9.24. The van der Waals surface area contributed by atoms with Crippen molar-refractivity contribution >= 4 is 0 Å². The van der Waals surface area contributed by atoms with Gasteiger partial charge in [-0.05, 0) is 31.1 Å². The van der Waals surface area contributed by atoms with Gasteiger partial charge in [0.2, 0.25) is 0 Å². The van der Waals surface area contributed by atoms with Gasteiger partial charge >= 0.3 is 0 Å². The molecular weight excluding hydrogens is 116 g/mol. The fourth-order valence-electron chi connectivity index (χ4n) is 2.23. The monoisotopic (exact) mass is 128 g/mol. The Morgan fingerprint density at radius 1 is 0.889 bits per heavy atom. The van der Waals surface area contributed by atoms with E-state index in [1.54, 1.807) is 0 Å². The topological polar surface area (TPSA) is 40.5 Å². The van der Waals surface area contributed by atoms with Crippen molar-refractivity contribution in [3.63, 3.8) is 0 Å². The summed E-state index contributed by atoms with van der Waals surface area (Å²) in [7, 11) is 0. The molecule has 0 aromatic heterocycles. The lowest BCUT2D eigenvalue weighted by atomic mass is 9.95. The Balaban J connectivity index is 2.15. The van der Waals surface area contributed by atoms with Gasteiger partial charge in [0.25, 0.3) is 0 Å². The zero-order valence-electron chi connectivity index (χ0n) is 5.33. The van der Waals surface area contributed by atoms with Crippen molar-refractivity contribution in [2.24, 2.45) is 11.8 Å². The first-order valence-electron chi connectivity index (χ1n) is 3.65. The van der Waals surface area contributed by atoms with E-state index < -0.39 is 12.2 Å². The van der Waals surface area contributed by atoms with Crippen molar-refractivity contribution in [1.82, 2.24) is 0 Å². The van der Waals surface area contributed by atoms with Crippen LogP contribution in [0.2, 0.25) is 0 Å². The van der Waals surface area contributed by atoms with Crippen molar-refractivity contribution < 1.29 is 10.2 Å². The van der Waals surface area contributed by atoms with Crippen molar-refractivity contribution in [2.75, 3.05) is 0 Å². The number of rotatable bonds is 0. The molecule has 0 aromatic carbocycles. The molecule has 2 bridgehead atoms. The van der Waals surface area contributed by atoms with E-state index in [4.69, 9.17) is 0 Å². The van der Waals surface area contributed by atoms with E-state index in [1.165, 1.54) is 0 Å². The Morgan fingerprint density at radius 2 is 1.33 bits per heavy atom. The summed E-state index contributed by atoms with van der Waals surface area (Å²) in [4.78, 5) is 0. The molecular formula is C7H12O2. The van der Waals surface area contributed by atoms with E-state index in [9.17, 15) is 10.2 Å². The molecule has 2 heteroatoms. The number of hydrogen-bond acceptors (Lipinski definition) is 2. The lowest BCUT2D eigenvalue weighted by Crippen LogP contribution is -2.31. The number of hydrogen-bond donors (Lipinski definition) is 2. The number of fused-ring (bicyclic) bond motifs is 2. The molecule has 0 aliphatic heterocycles. The van der Waals surface area contributed by atoms with Crippen LogP contribution in [0.4, 0.5) is 0 Å². The highest BCUT2D eigenvalue weighted by atomic mass is 16.3. The van der Waals surface area contributed by atoms with Gasteiger partial charge in [-0.25, -0.2) is 0 Å². The SMILES string of the molecule is O[C@@H]1[C@H]2CC[C@H](C2)[C@@H]1O. The molecule has 52 valence electrons. The predicted molar refractivity (Wildman–Crippen MR) is 32.8 cm³/mol. The second-order valence-electron chi connectivity index (χ2n) is 3.31. The lowest BCUT2D eigenvalue weighted by Gasteiger charge is -2.21. The molecule has 0 saturated heterocycles. The van der Waals surface area contributed by atoms with E-state index in [0.29, 0.717) is 11.8 Å². The molecule has 9 heavy (non-hydrogen) atoms. The first-order valence-corrected chi connectivity index (χ1v) is 3.65. The lowest BCUT2D eigenvalue weighted by molar-refractivity contribution is -0.0160. The highest BCUT2D eigenvalue weighted by molar-refractivity contribution is 4.96. The molecule has 2 aliphatic rings. The summed E-state index contributed by atoms with van der Waals surface area (Å²) in [6, 6.07) is 0. The molecule has 2 nitrogen and oxygen atoms in total. The highest BCUT2D eigenvalue weighted by Gasteiger charge is 2.45. The van der Waals surface area contributed by atoms with Gasteiger partial charge in [-0.15, -0.1) is 0 Å². The van der Waals surface area contributed by atoms with Crippen LogP contribution in [-0.2, 0) is 0 Å². The average Bonchev–Trinajstić information content (AvgIpc) is 2.37. The van der Waals surface area contributed by atoms with Crippen LogP contribution in [0.5, 0.6) is 0 Å². The first kappa shape index (κ1) is 5.69. The summed E-state index contributed by atoms with van der Waals surface area (Å²) < 4.78 is 0. The Morgan fingerprint density at radius 3 is 1.56 bits per heavy atom. The normalized spacial score (nSPS) is 56.7. The van der Waals surface area contributed by atoms with Gasteiger partial charge in [0.05, 0.1) is 12.2 Å². The van der Waals surface area contributed by atoms with E-state index in [-0.39, 0.29) is 0 Å². The van der Waals surface area contributed by atoms with Crippen molar-refractivity contribution in [3.05, 3.63) is 0 Å². The third kappa shape index (κ3) is 0.634. The van der Waals surface area contributed by atoms with Crippen LogP contribution in [0.25, 0.3) is 0 Å². The van der Waals surface area contributed by atoms with Crippen molar-refractivity contribution in [2.45, 2.75) is 31.5 Å². The number of aliphatic hydroxyl groups excluding tert-OH is 2. The predicted octanol–water partition coefficient (Wildman–Crippen LogP) is 0.138. The molecule has 0 heterocycles. The van der Waals surface area contributed by atoms with Crippen LogP contribution in [0, 0.1) is 11.8 Å². The zero-order valence-corrected chi connectivity index (χ0v) is 5.33. The summed E-state index contributed by atoms with van der Waals surface area (Å²) in [6.07, 6.45) is 2.51. The van der Waals surface area contributed by atoms with Crippen LogP contribution < -0.4 is 0 Å². The quantitative estimate of drug-likeness (QED) is 0.487. The standard InChI is InChI=1S/C7H12O2/c8-6-4-1-2-5(3-4)7(6)9/h4-9H,1-3H2/t4-,5+,6+,7-. The molecule has 0 spiro atoms. The van der Waals surface area contributed by atoms with Gasteiger partial charge in [0.1, 0.15) is 0 Å². The Hall–Kier alpha value is -0.0800. The molecule has 0 radical (unpaired) electrons. The van der Waals surface area contributed by atoms with Crippen molar-refractivity contribution in [1.29, 1.82) is 0 Å². The van der Waals surface area contributed by atoms with Gasteiger partial charge in [0, 0.05) is 0 Å². The van der Waals surface area contributed by atoms with Crippen LogP contribution in [0.15, 0.2) is 0 Å². The summed E-state index contributed by atoms with van der Waals surface area (Å²) in [5, 5.41) is 18.5. The van der Waals surface area contributed by atoms with Crippen LogP contribution >= 0.6 is 0 Å². The van der Waals surface area contributed by atoms with Gasteiger partial charge < -0.3 is 10.2 Å². The first-order chi connectivity index (χ1) is 4.29. The molecule has 2 aliphatic carbocycles. The summed E-state index contributed by atoms with van der Waals surface area (Å²) in [6.45, 7) is 0. The Kier molecular flexibility index (Phi) is 1.08. The third-order valence-corrected chi connectivity index (χ3v) is 2.83. The second-order valence-corrected chi connectivity index (χ2v) is 3.31. The third-order valence-electron chi connectivity index (χ3n) is 2.83. The van der Waals surface area contributed by atoms with E-state index >= 15 is 0 Å². The number of aliphatic hydroxyl groups is 2. The minimum atomic E-state index is -0.399. The van der Waals surface area contributed by atoms with Gasteiger partial charge in [0.15, 0.2) is 0 Å². The van der Waals surface area contributed by atoms with Crippen LogP contribution in [0.3, 0.4) is 0 Å². The van der Waals surface area contributed by atoms with Gasteiger partial charge in [-0.3, -0.25) is 0 Å². The largest absolute Gasteiger partial charge is 0.390 e.